The number of hydrogen-bond donors (Lipinski definition) is 0. The number of nitriles is 11. The molecule has 0 amide bonds. The maximum atomic E-state index is 12.9. The Hall–Kier alpha value is -14.0. The van der Waals surface area contributed by atoms with Crippen molar-refractivity contribution >= 4 is 93.4 Å². The van der Waals surface area contributed by atoms with Crippen LogP contribution in [0.3, 0.4) is 0 Å². The van der Waals surface area contributed by atoms with E-state index in [9.17, 15) is 61.7 Å². The highest BCUT2D eigenvalue weighted by atomic mass is 32.5. The van der Waals surface area contributed by atoms with Gasteiger partial charge in [-0.25, -0.2) is 12.8 Å². The first-order valence-electron chi connectivity index (χ1n) is 47.4. The number of nitrogens with zero attached hydrogens (tertiary/aromatic N) is 11. The number of Topliss-reactive ketones (excluding diaryl/α,β-unsaturated/α-hetero) is 4. The molecule has 0 radical (unpaired) electrons. The highest BCUT2D eigenvalue weighted by molar-refractivity contribution is 8.11. The molecule has 0 heterocycles. The number of carbonyl (C=O) groups is 8. The number of ketones is 4. The van der Waals surface area contributed by atoms with Gasteiger partial charge in [-0.15, -0.1) is 56.0 Å². The molecule has 29 nitrogen and oxygen atoms in total. The Balaban J connectivity index is 0. The van der Waals surface area contributed by atoms with Crippen LogP contribution in [0, 0.1) is 207 Å². The Morgan fingerprint density at radius 1 is 0.367 bits per heavy atom. The van der Waals surface area contributed by atoms with Crippen molar-refractivity contribution in [3.63, 3.8) is 0 Å². The molecule has 0 saturated heterocycles. The molecule has 778 valence electrons. The number of ether oxygens (including phenoxy) is 4. The van der Waals surface area contributed by atoms with Crippen molar-refractivity contribution in [1.29, 1.82) is 57.9 Å². The molecule has 0 fully saturated rings. The van der Waals surface area contributed by atoms with Gasteiger partial charge in [-0.2, -0.15) is 57.9 Å². The second-order valence-electron chi connectivity index (χ2n) is 33.5. The van der Waals surface area contributed by atoms with Gasteiger partial charge in [-0.1, -0.05) is 97.9 Å². The number of benzene rings is 5. The first-order chi connectivity index (χ1) is 70.0. The molecule has 5 rings (SSSR count). The van der Waals surface area contributed by atoms with E-state index >= 15 is 0 Å². The van der Waals surface area contributed by atoms with E-state index in [-0.39, 0.29) is 148 Å². The SMILES string of the molecule is C#CCCC(C)(CCC#N)C(C)=O.C#CCCC(C=C)(CCC#N)S(=O)(=O)c1ccccc1.C#CCCC(CCC#N)(C(C)=O)C(C)=O.C#CCCC(CCC#N)(CCC#N)C(=O)c1ccccc1.CCOC(=O)C(CCC#N)(CCC#N)C(=O)Oc1ccc(F)cc1.CCOP(=S)(OCC)C(C)(C#N)CCCC(C)(C#N)P(=S)(OCC)OCC.N#CCCC(CCC#N)(C(=O)Oc1ccccc1)C(=O)Oc1ccccc1. The van der Waals surface area contributed by atoms with Gasteiger partial charge in [-0.3, -0.25) is 38.4 Å². The van der Waals surface area contributed by atoms with E-state index in [0.29, 0.717) is 122 Å². The lowest BCUT2D eigenvalue weighted by molar-refractivity contribution is -0.168. The summed E-state index contributed by atoms with van der Waals surface area (Å²) in [6.07, 6.45) is 29.9. The molecule has 0 aromatic heterocycles. The predicted molar refractivity (Wildman–Crippen MR) is 563 cm³/mol. The van der Waals surface area contributed by atoms with Gasteiger partial charge < -0.3 is 37.0 Å². The van der Waals surface area contributed by atoms with Crippen molar-refractivity contribution in [3.05, 3.63) is 170 Å². The fourth-order valence-electron chi connectivity index (χ4n) is 14.7. The Labute approximate surface area is 879 Å². The quantitative estimate of drug-likeness (QED) is 0.00663. The molecular formula is C112H132FN11O18P2S3. The van der Waals surface area contributed by atoms with Crippen molar-refractivity contribution < 1.29 is 88.2 Å². The van der Waals surface area contributed by atoms with Crippen molar-refractivity contribution in [2.75, 3.05) is 33.0 Å². The third-order valence-corrected chi connectivity index (χ3v) is 35.5. The average Bonchev–Trinajstić information content (AvgIpc) is 0.819. The molecule has 0 aliphatic heterocycles. The zero-order chi connectivity index (χ0) is 112. The van der Waals surface area contributed by atoms with Gasteiger partial charge in [0, 0.05) is 99.9 Å². The van der Waals surface area contributed by atoms with Crippen molar-refractivity contribution in [2.24, 2.45) is 27.1 Å². The van der Waals surface area contributed by atoms with Crippen LogP contribution >= 0.6 is 13.0 Å². The Morgan fingerprint density at radius 3 is 0.973 bits per heavy atom. The molecule has 0 aliphatic rings. The molecule has 35 heteroatoms. The van der Waals surface area contributed by atoms with E-state index in [0.717, 1.165) is 12.1 Å². The summed E-state index contributed by atoms with van der Waals surface area (Å²) in [6, 6.07) is 61.0. The summed E-state index contributed by atoms with van der Waals surface area (Å²) in [6.45, 7) is 18.4. The smallest absolute Gasteiger partial charge is 0.328 e. The number of hydrogen-bond acceptors (Lipinski definition) is 31. The predicted octanol–water partition coefficient (Wildman–Crippen LogP) is 23.3. The number of sulfone groups is 1. The zero-order valence-electron chi connectivity index (χ0n) is 85.8. The monoisotopic (exact) mass is 2100 g/mol. The van der Waals surface area contributed by atoms with E-state index in [4.69, 9.17) is 134 Å². The van der Waals surface area contributed by atoms with Crippen molar-refractivity contribution in [2.45, 2.75) is 282 Å². The number of terminal acetylenes is 4. The molecular weight excluding hydrogens is 1960 g/mol. The maximum Gasteiger partial charge on any atom is 0.328 e. The molecule has 5 aromatic rings. The van der Waals surface area contributed by atoms with Crippen LogP contribution in [-0.2, 0) is 89.8 Å². The third-order valence-electron chi connectivity index (χ3n) is 23.8. The Morgan fingerprint density at radius 2 is 0.646 bits per heavy atom. The third kappa shape index (κ3) is 43.7. The molecule has 0 aliphatic carbocycles. The molecule has 4 unspecified atom stereocenters. The molecule has 5 aromatic carbocycles. The lowest BCUT2D eigenvalue weighted by Gasteiger charge is -2.36. The second kappa shape index (κ2) is 73.2. The summed E-state index contributed by atoms with van der Waals surface area (Å²) >= 11 is 11.3. The summed E-state index contributed by atoms with van der Waals surface area (Å²) < 4.78 is 81.3. The van der Waals surface area contributed by atoms with E-state index in [1.165, 1.54) is 32.1 Å². The van der Waals surface area contributed by atoms with Gasteiger partial charge in [-0.05, 0) is 256 Å². The van der Waals surface area contributed by atoms with Crippen molar-refractivity contribution in [3.8, 4) is 133 Å². The van der Waals surface area contributed by atoms with Crippen LogP contribution in [0.1, 0.15) is 273 Å². The fourth-order valence-corrected chi connectivity index (χ4v) is 22.4. The van der Waals surface area contributed by atoms with Gasteiger partial charge in [0.15, 0.2) is 26.5 Å². The topological polar surface area (TPSA) is 506 Å². The zero-order valence-corrected chi connectivity index (χ0v) is 90.0. The van der Waals surface area contributed by atoms with E-state index in [1.54, 1.807) is 131 Å². The minimum atomic E-state index is -3.62. The number of rotatable bonds is 56. The second-order valence-corrected chi connectivity index (χ2v) is 43.7. The summed E-state index contributed by atoms with van der Waals surface area (Å²) in [5, 5.41) is 96.8. The van der Waals surface area contributed by atoms with Crippen LogP contribution < -0.4 is 14.2 Å². The number of halogens is 1. The van der Waals surface area contributed by atoms with Gasteiger partial charge >= 0.3 is 23.9 Å². The van der Waals surface area contributed by atoms with E-state index in [2.05, 4.69) is 60.6 Å². The largest absolute Gasteiger partial charge is 0.465 e. The first-order valence-corrected chi connectivity index (χ1v) is 54.2. The maximum absolute atomic E-state index is 12.9. The minimum absolute atomic E-state index is 0.0103. The molecule has 147 heavy (non-hydrogen) atoms. The fraction of sp³-hybridized carbons (Fsp3) is 0.473. The minimum Gasteiger partial charge on any atom is -0.465 e. The van der Waals surface area contributed by atoms with Gasteiger partial charge in [0.2, 0.25) is 13.0 Å². The van der Waals surface area contributed by atoms with Gasteiger partial charge in [0.25, 0.3) is 0 Å². The van der Waals surface area contributed by atoms with Gasteiger partial charge in [0.1, 0.15) is 50.7 Å². The number of esters is 4. The molecule has 0 bridgehead atoms. The molecule has 4 atom stereocenters. The first kappa shape index (κ1) is 135. The van der Waals surface area contributed by atoms with Crippen LogP contribution in [0.4, 0.5) is 4.39 Å². The van der Waals surface area contributed by atoms with E-state index < -0.39 is 94.6 Å². The Kier molecular flexibility index (Phi) is 67.2. The summed E-state index contributed by atoms with van der Waals surface area (Å²) in [5.41, 5.74) is -5.01. The van der Waals surface area contributed by atoms with Crippen LogP contribution in [0.25, 0.3) is 0 Å². The standard InChI is InChI=1S/C21H18N2O4.C18H18N2O.C17H17FN2O4.C17H32N2O4P2S2.C16H17NO2S.C12H15NO2.C11H15NO/c22-15-7-13-21(14-8-16-23,19(24)26-17-9-3-1-4-10-17)20(25)27-18-11-5-2-6-12-18;1-2-3-11-18(12-7-14-19,13-8-15-20)17(21)16-9-5-4-6-10-16;1-2-23-15(21)17(9-3-11-19,10-4-12-20)16(22)24-14-7-5-13(18)6-8-14;1-7-20-24(26,21-8-2)16(5,14-18)12-11-13-17(6,15-19)25(27,22-9-3)23-10-4;1-3-5-12-16(4-2,13-9-14-17)20(18,19)15-10-7-6-8-11-15;1-4-5-7-12(10(2)14,11(3)15)8-6-9-13;1-4-5-7-11(3,10(2)13)8-6-9-12/h1-6,9-12H,7-8,13-14H2;1,4-6,9-10H,3,7-8,11-13H2;5-8H,2-4,9-10H2,1H3;7-13H2,1-6H3;1,4,6-8,10-11H,2,5,9,12-13H2;1H,5-8H2,2-3H3;1H,5-8H2,2-3H3. The Bertz CT molecular complexity index is 5690. The normalized spacial score (nSPS) is 12.2. The molecule has 0 N–H and O–H groups in total. The van der Waals surface area contributed by atoms with Crippen LogP contribution in [0.15, 0.2) is 163 Å². The highest BCUT2D eigenvalue weighted by Gasteiger charge is 2.52. The number of carbonyl (C=O) groups excluding carboxylic acids is 8. The molecule has 0 spiro atoms. The summed E-state index contributed by atoms with van der Waals surface area (Å²) in [5.74, 6) is 6.38. The lowest BCUT2D eigenvalue weighted by Crippen LogP contribution is -2.44. The number of para-hydroxylation sites is 2. The van der Waals surface area contributed by atoms with E-state index in [1.807, 2.05) is 89.2 Å². The van der Waals surface area contributed by atoms with Gasteiger partial charge in [0.05, 0.1) is 115 Å². The summed E-state index contributed by atoms with van der Waals surface area (Å²) in [7, 11) is -3.62. The highest BCUT2D eigenvalue weighted by Crippen LogP contribution is 2.65. The van der Waals surface area contributed by atoms with Crippen LogP contribution in [0.5, 0.6) is 17.2 Å². The van der Waals surface area contributed by atoms with Crippen LogP contribution in [-0.4, -0.2) is 104 Å². The van der Waals surface area contributed by atoms with Crippen molar-refractivity contribution in [1.82, 2.24) is 0 Å². The molecule has 0 saturated carbocycles. The average molecular weight is 2100 g/mol. The lowest BCUT2D eigenvalue weighted by atomic mass is 9.70. The summed E-state index contributed by atoms with van der Waals surface area (Å²) in [4.78, 5) is 98.3. The van der Waals surface area contributed by atoms with Crippen LogP contribution in [0.2, 0.25) is 0 Å².